The van der Waals surface area contributed by atoms with Crippen LogP contribution in [0.4, 0.5) is 10.3 Å². The van der Waals surface area contributed by atoms with Crippen molar-refractivity contribution in [1.29, 1.82) is 0 Å². The molecule has 1 amide bonds. The Balaban J connectivity index is 1.64. The fraction of sp³-hybridized carbons (Fsp3) is 0.167. The molecule has 0 aliphatic heterocycles. The zero-order valence-corrected chi connectivity index (χ0v) is 14.7. The lowest BCUT2D eigenvalue weighted by Gasteiger charge is -2.14. The molecule has 0 fully saturated rings. The first-order chi connectivity index (χ1) is 12.4. The Bertz CT molecular complexity index is 928. The first kappa shape index (κ1) is 17.9. The fourth-order valence-corrected chi connectivity index (χ4v) is 2.26. The van der Waals surface area contributed by atoms with E-state index in [1.165, 1.54) is 24.3 Å². The van der Waals surface area contributed by atoms with Crippen LogP contribution in [0.25, 0.3) is 11.5 Å². The van der Waals surface area contributed by atoms with E-state index in [9.17, 15) is 9.18 Å². The van der Waals surface area contributed by atoms with Crippen LogP contribution < -0.4 is 10.1 Å². The molecule has 1 atom stereocenters. The molecule has 134 valence electrons. The highest BCUT2D eigenvalue weighted by Crippen LogP contribution is 2.22. The molecule has 2 aromatic carbocycles. The summed E-state index contributed by atoms with van der Waals surface area (Å²) in [6, 6.07) is 10.7. The van der Waals surface area contributed by atoms with Crippen molar-refractivity contribution in [2.45, 2.75) is 20.0 Å². The molecule has 6 nitrogen and oxygen atoms in total. The van der Waals surface area contributed by atoms with Crippen LogP contribution in [0, 0.1) is 12.7 Å². The monoisotopic (exact) mass is 375 g/mol. The highest BCUT2D eigenvalue weighted by atomic mass is 35.5. The number of carbonyl (C=O) groups excluding carboxylic acids is 1. The maximum absolute atomic E-state index is 12.9. The maximum atomic E-state index is 12.9. The largest absolute Gasteiger partial charge is 0.481 e. The molecule has 1 aromatic heterocycles. The lowest BCUT2D eigenvalue weighted by molar-refractivity contribution is -0.122. The summed E-state index contributed by atoms with van der Waals surface area (Å²) in [6.07, 6.45) is -0.789. The zero-order chi connectivity index (χ0) is 18.7. The van der Waals surface area contributed by atoms with Gasteiger partial charge in [-0.3, -0.25) is 10.1 Å². The number of nitrogens with zero attached hydrogens (tertiary/aromatic N) is 2. The summed E-state index contributed by atoms with van der Waals surface area (Å²) in [4.78, 5) is 16.3. The number of anilines is 1. The van der Waals surface area contributed by atoms with E-state index in [2.05, 4.69) is 15.5 Å². The van der Waals surface area contributed by atoms with Crippen molar-refractivity contribution in [2.75, 3.05) is 5.32 Å². The van der Waals surface area contributed by atoms with E-state index in [-0.39, 0.29) is 17.7 Å². The molecule has 0 radical (unpaired) electrons. The predicted molar refractivity (Wildman–Crippen MR) is 94.6 cm³/mol. The molecule has 1 heterocycles. The van der Waals surface area contributed by atoms with E-state index in [1.54, 1.807) is 25.1 Å². The molecule has 0 spiro atoms. The molecule has 3 rings (SSSR count). The summed E-state index contributed by atoms with van der Waals surface area (Å²) in [7, 11) is 0. The molecule has 0 aliphatic rings. The minimum Gasteiger partial charge on any atom is -0.481 e. The van der Waals surface area contributed by atoms with Crippen molar-refractivity contribution in [2.24, 2.45) is 0 Å². The SMILES string of the molecule is Cc1cc(OC(C)C(=O)Nc2noc(-c3ccc(F)cc3)n2)ccc1Cl. The summed E-state index contributed by atoms with van der Waals surface area (Å²) in [5.74, 6) is -0.122. The molecule has 0 saturated heterocycles. The highest BCUT2D eigenvalue weighted by molar-refractivity contribution is 6.31. The number of amides is 1. The van der Waals surface area contributed by atoms with Gasteiger partial charge in [-0.15, -0.1) is 0 Å². The Labute approximate surface area is 153 Å². The molecular weight excluding hydrogens is 361 g/mol. The van der Waals surface area contributed by atoms with Gasteiger partial charge < -0.3 is 9.26 Å². The van der Waals surface area contributed by atoms with Crippen molar-refractivity contribution < 1.29 is 18.4 Å². The third-order valence-corrected chi connectivity index (χ3v) is 3.99. The molecule has 0 aliphatic carbocycles. The standard InChI is InChI=1S/C18H15ClFN3O3/c1-10-9-14(7-8-15(10)19)25-11(2)16(24)21-18-22-17(26-23-18)12-3-5-13(20)6-4-12/h3-9,11H,1-2H3,(H,21,23,24). The van der Waals surface area contributed by atoms with Crippen LogP contribution in [0.2, 0.25) is 5.02 Å². The van der Waals surface area contributed by atoms with Crippen molar-refractivity contribution in [3.05, 3.63) is 58.9 Å². The average molecular weight is 376 g/mol. The Kier molecular flexibility index (Phi) is 5.18. The summed E-state index contributed by atoms with van der Waals surface area (Å²) >= 11 is 5.97. The van der Waals surface area contributed by atoms with Gasteiger partial charge in [-0.25, -0.2) is 4.39 Å². The molecule has 3 aromatic rings. The van der Waals surface area contributed by atoms with E-state index >= 15 is 0 Å². The van der Waals surface area contributed by atoms with Crippen LogP contribution in [-0.4, -0.2) is 22.2 Å². The van der Waals surface area contributed by atoms with Gasteiger partial charge in [0.1, 0.15) is 11.6 Å². The number of halogens is 2. The average Bonchev–Trinajstić information content (AvgIpc) is 3.07. The zero-order valence-electron chi connectivity index (χ0n) is 14.0. The smallest absolute Gasteiger partial charge is 0.270 e. The van der Waals surface area contributed by atoms with Crippen LogP contribution in [0.5, 0.6) is 5.75 Å². The summed E-state index contributed by atoms with van der Waals surface area (Å²) in [5.41, 5.74) is 1.39. The lowest BCUT2D eigenvalue weighted by atomic mass is 10.2. The normalized spacial score (nSPS) is 11.8. The summed E-state index contributed by atoms with van der Waals surface area (Å²) < 4.78 is 23.6. The molecule has 1 N–H and O–H groups in total. The van der Waals surface area contributed by atoms with Gasteiger partial charge in [0.25, 0.3) is 17.7 Å². The van der Waals surface area contributed by atoms with Crippen molar-refractivity contribution in [3.8, 4) is 17.2 Å². The van der Waals surface area contributed by atoms with Crippen molar-refractivity contribution in [3.63, 3.8) is 0 Å². The molecule has 8 heteroatoms. The second kappa shape index (κ2) is 7.53. The number of carbonyl (C=O) groups is 1. The number of aryl methyl sites for hydroxylation is 1. The number of hydrogen-bond acceptors (Lipinski definition) is 5. The number of ether oxygens (including phenoxy) is 1. The molecule has 0 bridgehead atoms. The van der Waals surface area contributed by atoms with Gasteiger partial charge in [0.15, 0.2) is 6.10 Å². The predicted octanol–water partition coefficient (Wildman–Crippen LogP) is 4.24. The Morgan fingerprint density at radius 3 is 2.69 bits per heavy atom. The molecule has 0 saturated carbocycles. The van der Waals surface area contributed by atoms with Gasteiger partial charge in [-0.2, -0.15) is 4.98 Å². The second-order valence-electron chi connectivity index (χ2n) is 5.59. The van der Waals surface area contributed by atoms with Crippen LogP contribution in [0.1, 0.15) is 12.5 Å². The number of aromatic nitrogens is 2. The molecule has 1 unspecified atom stereocenters. The number of rotatable bonds is 5. The molecule has 26 heavy (non-hydrogen) atoms. The third kappa shape index (κ3) is 4.18. The lowest BCUT2D eigenvalue weighted by Crippen LogP contribution is -2.30. The number of nitrogens with one attached hydrogen (secondary N) is 1. The quantitative estimate of drug-likeness (QED) is 0.721. The van der Waals surface area contributed by atoms with Gasteiger partial charge in [-0.1, -0.05) is 11.6 Å². The Morgan fingerprint density at radius 1 is 1.27 bits per heavy atom. The van der Waals surface area contributed by atoms with Crippen LogP contribution in [-0.2, 0) is 4.79 Å². The third-order valence-electron chi connectivity index (χ3n) is 3.56. The first-order valence-corrected chi connectivity index (χ1v) is 8.13. The maximum Gasteiger partial charge on any atom is 0.270 e. The van der Waals surface area contributed by atoms with E-state index < -0.39 is 12.0 Å². The van der Waals surface area contributed by atoms with Crippen LogP contribution in [0.15, 0.2) is 47.0 Å². The topological polar surface area (TPSA) is 77.2 Å². The minimum absolute atomic E-state index is 0.00272. The first-order valence-electron chi connectivity index (χ1n) is 7.75. The van der Waals surface area contributed by atoms with Crippen molar-refractivity contribution in [1.82, 2.24) is 10.1 Å². The summed E-state index contributed by atoms with van der Waals surface area (Å²) in [6.45, 7) is 3.44. The second-order valence-corrected chi connectivity index (χ2v) is 6.00. The minimum atomic E-state index is -0.789. The van der Waals surface area contributed by atoms with Crippen LogP contribution >= 0.6 is 11.6 Å². The van der Waals surface area contributed by atoms with Gasteiger partial charge in [0.05, 0.1) is 0 Å². The number of benzene rings is 2. The van der Waals surface area contributed by atoms with Crippen LogP contribution in [0.3, 0.4) is 0 Å². The van der Waals surface area contributed by atoms with E-state index in [0.717, 1.165) is 5.56 Å². The summed E-state index contributed by atoms with van der Waals surface area (Å²) in [5, 5.41) is 6.81. The van der Waals surface area contributed by atoms with Crippen molar-refractivity contribution >= 4 is 23.5 Å². The van der Waals surface area contributed by atoms with Gasteiger partial charge in [0.2, 0.25) is 0 Å². The highest BCUT2D eigenvalue weighted by Gasteiger charge is 2.18. The fourth-order valence-electron chi connectivity index (χ4n) is 2.14. The van der Waals surface area contributed by atoms with E-state index in [1.807, 2.05) is 6.92 Å². The Morgan fingerprint density at radius 2 is 2.00 bits per heavy atom. The van der Waals surface area contributed by atoms with Gasteiger partial charge in [-0.05, 0) is 67.0 Å². The molecular formula is C18H15ClFN3O3. The van der Waals surface area contributed by atoms with E-state index in [0.29, 0.717) is 16.3 Å². The van der Waals surface area contributed by atoms with Gasteiger partial charge in [0, 0.05) is 10.6 Å². The Hall–Kier alpha value is -2.93. The number of hydrogen-bond donors (Lipinski definition) is 1. The van der Waals surface area contributed by atoms with E-state index in [4.69, 9.17) is 20.9 Å². The van der Waals surface area contributed by atoms with Gasteiger partial charge >= 0.3 is 0 Å².